The lowest BCUT2D eigenvalue weighted by atomic mass is 9.67. The van der Waals surface area contributed by atoms with Crippen molar-refractivity contribution >= 4 is 33.4 Å². The Balaban J connectivity index is 2.23. The van der Waals surface area contributed by atoms with E-state index in [1.165, 1.54) is 18.2 Å². The summed E-state index contributed by atoms with van der Waals surface area (Å²) in [7, 11) is 0. The van der Waals surface area contributed by atoms with E-state index < -0.39 is 17.1 Å². The number of hydrogen-bond acceptors (Lipinski definition) is 3. The predicted molar refractivity (Wildman–Crippen MR) is 72.4 cm³/mol. The topological polar surface area (TPSA) is 87.7 Å². The molecule has 1 saturated carbocycles. The second-order valence-electron chi connectivity index (χ2n) is 4.50. The van der Waals surface area contributed by atoms with E-state index >= 15 is 0 Å². The molecular formula is C12H13BrFN3O2. The summed E-state index contributed by atoms with van der Waals surface area (Å²) in [5.41, 5.74) is 4.61. The smallest absolute Gasteiger partial charge is 0.238 e. The van der Waals surface area contributed by atoms with Gasteiger partial charge in [0.25, 0.3) is 0 Å². The van der Waals surface area contributed by atoms with Crippen molar-refractivity contribution in [1.82, 2.24) is 0 Å². The Morgan fingerprint density at radius 3 is 2.74 bits per heavy atom. The van der Waals surface area contributed by atoms with Crippen LogP contribution in [0.4, 0.5) is 10.1 Å². The summed E-state index contributed by atoms with van der Waals surface area (Å²) in [6.07, 6.45) is 1.79. The van der Waals surface area contributed by atoms with Crippen LogP contribution in [0.5, 0.6) is 0 Å². The van der Waals surface area contributed by atoms with Crippen molar-refractivity contribution in [2.75, 3.05) is 5.32 Å². The van der Waals surface area contributed by atoms with Crippen LogP contribution in [-0.2, 0) is 4.79 Å². The highest BCUT2D eigenvalue weighted by Gasteiger charge is 2.48. The molecule has 102 valence electrons. The Labute approximate surface area is 117 Å². The SMILES string of the molecule is N/C(=N/O)C1(C(=O)Nc2cc(Br)ccc2F)CCC1. The van der Waals surface area contributed by atoms with Gasteiger partial charge in [-0.3, -0.25) is 4.79 Å². The highest BCUT2D eigenvalue weighted by atomic mass is 79.9. The maximum absolute atomic E-state index is 13.6. The molecule has 2 rings (SSSR count). The van der Waals surface area contributed by atoms with Gasteiger partial charge in [0.1, 0.15) is 11.2 Å². The highest BCUT2D eigenvalue weighted by molar-refractivity contribution is 9.10. The largest absolute Gasteiger partial charge is 0.409 e. The average Bonchev–Trinajstić information content (AvgIpc) is 2.32. The van der Waals surface area contributed by atoms with Crippen molar-refractivity contribution in [3.63, 3.8) is 0 Å². The molecule has 1 aliphatic carbocycles. The van der Waals surface area contributed by atoms with Gasteiger partial charge in [-0.1, -0.05) is 27.5 Å². The van der Waals surface area contributed by atoms with Crippen LogP contribution in [0.3, 0.4) is 0 Å². The lowest BCUT2D eigenvalue weighted by molar-refractivity contribution is -0.125. The monoisotopic (exact) mass is 329 g/mol. The van der Waals surface area contributed by atoms with E-state index in [9.17, 15) is 9.18 Å². The van der Waals surface area contributed by atoms with Gasteiger partial charge in [0.05, 0.1) is 5.69 Å². The first-order valence-corrected chi connectivity index (χ1v) is 6.53. The number of carbonyl (C=O) groups excluding carboxylic acids is 1. The number of amidine groups is 1. The summed E-state index contributed by atoms with van der Waals surface area (Å²) in [5.74, 6) is -1.12. The molecular weight excluding hydrogens is 317 g/mol. The third kappa shape index (κ3) is 2.42. The maximum Gasteiger partial charge on any atom is 0.238 e. The Hall–Kier alpha value is -1.63. The Kier molecular flexibility index (Phi) is 3.75. The van der Waals surface area contributed by atoms with Crippen molar-refractivity contribution in [2.24, 2.45) is 16.3 Å². The van der Waals surface area contributed by atoms with Crippen LogP contribution in [0.15, 0.2) is 27.8 Å². The molecule has 0 atom stereocenters. The Bertz CT molecular complexity index is 544. The number of anilines is 1. The van der Waals surface area contributed by atoms with E-state index in [2.05, 4.69) is 26.4 Å². The van der Waals surface area contributed by atoms with Crippen molar-refractivity contribution in [2.45, 2.75) is 19.3 Å². The number of nitrogens with two attached hydrogens (primary N) is 1. The van der Waals surface area contributed by atoms with E-state index in [1.54, 1.807) is 0 Å². The molecule has 0 heterocycles. The minimum Gasteiger partial charge on any atom is -0.409 e. The van der Waals surface area contributed by atoms with Gasteiger partial charge >= 0.3 is 0 Å². The minimum absolute atomic E-state index is 0.0661. The quantitative estimate of drug-likeness (QED) is 0.344. The number of halogens is 2. The zero-order chi connectivity index (χ0) is 14.0. The molecule has 0 saturated heterocycles. The third-order valence-electron chi connectivity index (χ3n) is 3.42. The van der Waals surface area contributed by atoms with E-state index in [0.717, 1.165) is 6.42 Å². The van der Waals surface area contributed by atoms with E-state index in [1.807, 2.05) is 0 Å². The number of nitrogens with zero attached hydrogens (tertiary/aromatic N) is 1. The highest BCUT2D eigenvalue weighted by Crippen LogP contribution is 2.42. The van der Waals surface area contributed by atoms with Crippen LogP contribution in [-0.4, -0.2) is 17.0 Å². The van der Waals surface area contributed by atoms with Crippen LogP contribution in [0.2, 0.25) is 0 Å². The van der Waals surface area contributed by atoms with Gasteiger partial charge in [0.15, 0.2) is 5.84 Å². The molecule has 1 fully saturated rings. The molecule has 0 bridgehead atoms. The van der Waals surface area contributed by atoms with Crippen LogP contribution in [0.1, 0.15) is 19.3 Å². The van der Waals surface area contributed by atoms with E-state index in [4.69, 9.17) is 10.9 Å². The summed E-state index contributed by atoms with van der Waals surface area (Å²) in [4.78, 5) is 12.2. The van der Waals surface area contributed by atoms with E-state index in [-0.39, 0.29) is 11.5 Å². The number of rotatable bonds is 3. The van der Waals surface area contributed by atoms with Gasteiger partial charge in [0, 0.05) is 4.47 Å². The van der Waals surface area contributed by atoms with Crippen molar-refractivity contribution in [3.05, 3.63) is 28.5 Å². The summed E-state index contributed by atoms with van der Waals surface area (Å²) in [5, 5.41) is 14.2. The lowest BCUT2D eigenvalue weighted by Crippen LogP contribution is -2.51. The van der Waals surface area contributed by atoms with Gasteiger partial charge in [0.2, 0.25) is 5.91 Å². The molecule has 0 aromatic heterocycles. The molecule has 0 aliphatic heterocycles. The minimum atomic E-state index is -1.02. The number of oxime groups is 1. The van der Waals surface area contributed by atoms with Crippen molar-refractivity contribution in [3.8, 4) is 0 Å². The second kappa shape index (κ2) is 5.16. The fourth-order valence-electron chi connectivity index (χ4n) is 2.06. The zero-order valence-corrected chi connectivity index (χ0v) is 11.6. The summed E-state index contributed by atoms with van der Waals surface area (Å²) >= 11 is 3.20. The molecule has 1 aromatic rings. The number of benzene rings is 1. The molecule has 7 heteroatoms. The molecule has 5 nitrogen and oxygen atoms in total. The van der Waals surface area contributed by atoms with Crippen molar-refractivity contribution in [1.29, 1.82) is 0 Å². The number of hydrogen-bond donors (Lipinski definition) is 3. The molecule has 4 N–H and O–H groups in total. The first kappa shape index (κ1) is 13.8. The lowest BCUT2D eigenvalue weighted by Gasteiger charge is -2.38. The third-order valence-corrected chi connectivity index (χ3v) is 3.91. The fraction of sp³-hybridized carbons (Fsp3) is 0.333. The van der Waals surface area contributed by atoms with Gasteiger partial charge in [-0.05, 0) is 31.0 Å². The first-order valence-electron chi connectivity index (χ1n) is 5.74. The van der Waals surface area contributed by atoms with Crippen LogP contribution < -0.4 is 11.1 Å². The molecule has 0 radical (unpaired) electrons. The standard InChI is InChI=1S/C12H13BrFN3O2/c13-7-2-3-8(14)9(6-7)16-11(18)12(4-1-5-12)10(15)17-19/h2-3,6,19H,1,4-5H2,(H2,15,17)(H,16,18). The van der Waals surface area contributed by atoms with Crippen LogP contribution in [0, 0.1) is 11.2 Å². The Morgan fingerprint density at radius 1 is 1.53 bits per heavy atom. The summed E-state index contributed by atoms with van der Waals surface area (Å²) < 4.78 is 14.2. The van der Waals surface area contributed by atoms with Gasteiger partial charge in [-0.2, -0.15) is 0 Å². The molecule has 0 unspecified atom stereocenters. The Morgan fingerprint density at radius 2 is 2.21 bits per heavy atom. The van der Waals surface area contributed by atoms with Crippen molar-refractivity contribution < 1.29 is 14.4 Å². The number of amides is 1. The number of nitrogens with one attached hydrogen (secondary N) is 1. The van der Waals surface area contributed by atoms with Gasteiger partial charge in [-0.15, -0.1) is 0 Å². The summed E-state index contributed by atoms with van der Waals surface area (Å²) in [6.45, 7) is 0. The zero-order valence-electron chi connectivity index (χ0n) is 9.99. The molecule has 1 aromatic carbocycles. The summed E-state index contributed by atoms with van der Waals surface area (Å²) in [6, 6.07) is 4.25. The van der Waals surface area contributed by atoms with E-state index in [0.29, 0.717) is 17.3 Å². The normalized spacial score (nSPS) is 17.7. The fourth-order valence-corrected chi connectivity index (χ4v) is 2.42. The molecule has 19 heavy (non-hydrogen) atoms. The molecule has 1 aliphatic rings. The molecule has 0 spiro atoms. The average molecular weight is 330 g/mol. The predicted octanol–water partition coefficient (Wildman–Crippen LogP) is 2.44. The van der Waals surface area contributed by atoms with Crippen LogP contribution >= 0.6 is 15.9 Å². The van der Waals surface area contributed by atoms with Gasteiger partial charge < -0.3 is 16.3 Å². The van der Waals surface area contributed by atoms with Gasteiger partial charge in [-0.25, -0.2) is 4.39 Å². The first-order chi connectivity index (χ1) is 8.99. The van der Waals surface area contributed by atoms with Crippen LogP contribution in [0.25, 0.3) is 0 Å². The second-order valence-corrected chi connectivity index (χ2v) is 5.41. The molecule has 1 amide bonds. The number of carbonyl (C=O) groups is 1. The maximum atomic E-state index is 13.6.